The summed E-state index contributed by atoms with van der Waals surface area (Å²) in [5, 5.41) is 0.785. The van der Waals surface area contributed by atoms with Gasteiger partial charge in [0.2, 0.25) is 0 Å². The van der Waals surface area contributed by atoms with Crippen LogP contribution in [-0.4, -0.2) is 9.97 Å². The maximum atomic E-state index is 14.5. The molecule has 0 aliphatic carbocycles. The summed E-state index contributed by atoms with van der Waals surface area (Å²) in [7, 11) is 0. The quantitative estimate of drug-likeness (QED) is 0.169. The molecule has 0 N–H and O–H groups in total. The van der Waals surface area contributed by atoms with Gasteiger partial charge in [-0.1, -0.05) is 54.6 Å². The van der Waals surface area contributed by atoms with E-state index in [1.165, 1.54) is 0 Å². The average molecular weight is 492 g/mol. The van der Waals surface area contributed by atoms with Crippen LogP contribution in [0.5, 0.6) is 0 Å². The predicted octanol–water partition coefficient (Wildman–Crippen LogP) is 8.79. The van der Waals surface area contributed by atoms with Crippen molar-refractivity contribution in [1.82, 2.24) is 9.97 Å². The Morgan fingerprint density at radius 3 is 1.36 bits per heavy atom. The molecule has 0 atom stereocenters. The van der Waals surface area contributed by atoms with Crippen molar-refractivity contribution < 1.29 is 26.3 Å². The fraction of sp³-hybridized carbons (Fsp3) is 0.0714. The lowest BCUT2D eigenvalue weighted by Gasteiger charge is -2.22. The topological polar surface area (TPSA) is 25.8 Å². The molecule has 36 heavy (non-hydrogen) atoms. The van der Waals surface area contributed by atoms with Crippen LogP contribution in [0.4, 0.5) is 26.3 Å². The van der Waals surface area contributed by atoms with Crippen LogP contribution < -0.4 is 0 Å². The second-order valence-corrected chi connectivity index (χ2v) is 8.40. The van der Waals surface area contributed by atoms with Gasteiger partial charge in [-0.2, -0.15) is 26.3 Å². The zero-order chi connectivity index (χ0) is 25.2. The van der Waals surface area contributed by atoms with Crippen LogP contribution in [0, 0.1) is 0 Å². The van der Waals surface area contributed by atoms with Crippen LogP contribution >= 0.6 is 0 Å². The third-order valence-electron chi connectivity index (χ3n) is 6.27. The largest absolute Gasteiger partial charge is 0.417 e. The summed E-state index contributed by atoms with van der Waals surface area (Å²) in [6, 6.07) is 21.8. The van der Waals surface area contributed by atoms with Crippen LogP contribution in [0.1, 0.15) is 11.1 Å². The Balaban J connectivity index is 1.98. The van der Waals surface area contributed by atoms with Crippen molar-refractivity contribution in [3.05, 3.63) is 96.1 Å². The molecule has 178 valence electrons. The number of halogens is 6. The van der Waals surface area contributed by atoms with Crippen molar-refractivity contribution in [1.29, 1.82) is 0 Å². The van der Waals surface area contributed by atoms with Crippen LogP contribution in [-0.2, 0) is 12.4 Å². The standard InChI is InChI=1S/C28H14F6N2/c29-27(30,31)18-13-14-22-25(26(18)28(32,33)34)24(17-9-3-6-12-21(17)36-22)23-15-7-1-4-10-19(15)35-20-11-5-2-8-16(20)23/h1-14H. The first-order chi connectivity index (χ1) is 17.1. The molecule has 0 spiro atoms. The van der Waals surface area contributed by atoms with Gasteiger partial charge in [-0.15, -0.1) is 0 Å². The fourth-order valence-electron chi connectivity index (χ4n) is 4.88. The number of benzene rings is 4. The molecule has 0 saturated heterocycles. The summed E-state index contributed by atoms with van der Waals surface area (Å²) in [6.07, 6.45) is -10.5. The van der Waals surface area contributed by atoms with Crippen molar-refractivity contribution >= 4 is 43.6 Å². The van der Waals surface area contributed by atoms with E-state index in [4.69, 9.17) is 0 Å². The first kappa shape index (κ1) is 22.3. The molecule has 0 aliphatic heterocycles. The van der Waals surface area contributed by atoms with Crippen LogP contribution in [0.2, 0.25) is 0 Å². The smallest absolute Gasteiger partial charge is 0.248 e. The molecule has 4 aromatic carbocycles. The summed E-state index contributed by atoms with van der Waals surface area (Å²) < 4.78 is 85.3. The number of rotatable bonds is 1. The monoisotopic (exact) mass is 492 g/mol. The number of alkyl halides is 6. The van der Waals surface area contributed by atoms with Crippen LogP contribution in [0.15, 0.2) is 84.9 Å². The summed E-state index contributed by atoms with van der Waals surface area (Å²) in [5.41, 5.74) is -1.84. The molecule has 0 radical (unpaired) electrons. The van der Waals surface area contributed by atoms with E-state index in [0.717, 1.165) is 6.07 Å². The van der Waals surface area contributed by atoms with Gasteiger partial charge in [-0.05, 0) is 30.3 Å². The SMILES string of the molecule is FC(F)(F)c1ccc2nc3ccccc3c(-c3c4ccccc4nc4ccccc34)c2c1C(F)(F)F. The number of pyridine rings is 2. The van der Waals surface area contributed by atoms with E-state index < -0.39 is 28.9 Å². The fourth-order valence-corrected chi connectivity index (χ4v) is 4.88. The first-order valence-electron chi connectivity index (χ1n) is 10.9. The summed E-state index contributed by atoms with van der Waals surface area (Å²) in [4.78, 5) is 8.97. The third-order valence-corrected chi connectivity index (χ3v) is 6.27. The third kappa shape index (κ3) is 3.36. The summed E-state index contributed by atoms with van der Waals surface area (Å²) in [6.45, 7) is 0. The molecule has 6 aromatic rings. The number of para-hydroxylation sites is 3. The molecule has 0 aliphatic rings. The molecule has 8 heteroatoms. The lowest BCUT2D eigenvalue weighted by atomic mass is 9.87. The zero-order valence-electron chi connectivity index (χ0n) is 18.2. The van der Waals surface area contributed by atoms with E-state index in [0.29, 0.717) is 44.3 Å². The van der Waals surface area contributed by atoms with E-state index in [9.17, 15) is 26.3 Å². The van der Waals surface area contributed by atoms with Gasteiger partial charge in [0.1, 0.15) is 0 Å². The molecule has 0 unspecified atom stereocenters. The molecule has 2 nitrogen and oxygen atoms in total. The van der Waals surface area contributed by atoms with Gasteiger partial charge in [0.25, 0.3) is 0 Å². The maximum absolute atomic E-state index is 14.5. The second kappa shape index (κ2) is 7.65. The molecule has 2 aromatic heterocycles. The highest BCUT2D eigenvalue weighted by Gasteiger charge is 2.45. The Morgan fingerprint density at radius 2 is 0.889 bits per heavy atom. The van der Waals surface area contributed by atoms with Gasteiger partial charge in [0.15, 0.2) is 0 Å². The number of nitrogens with zero attached hydrogens (tertiary/aromatic N) is 2. The summed E-state index contributed by atoms with van der Waals surface area (Å²) >= 11 is 0. The highest BCUT2D eigenvalue weighted by molar-refractivity contribution is 6.21. The number of aromatic nitrogens is 2. The van der Waals surface area contributed by atoms with Crippen LogP contribution in [0.3, 0.4) is 0 Å². The van der Waals surface area contributed by atoms with Gasteiger partial charge in [0.05, 0.1) is 33.2 Å². The first-order valence-corrected chi connectivity index (χ1v) is 10.9. The molecule has 0 fully saturated rings. The molecular formula is C28H14F6N2. The van der Waals surface area contributed by atoms with Gasteiger partial charge in [-0.3, -0.25) is 0 Å². The highest BCUT2D eigenvalue weighted by atomic mass is 19.4. The lowest BCUT2D eigenvalue weighted by molar-refractivity contribution is -0.161. The molecule has 6 rings (SSSR count). The van der Waals surface area contributed by atoms with E-state index in [1.54, 1.807) is 72.8 Å². The van der Waals surface area contributed by atoms with Gasteiger partial charge in [0, 0.05) is 32.7 Å². The Labute approximate surface area is 199 Å². The van der Waals surface area contributed by atoms with Crippen molar-refractivity contribution in [2.24, 2.45) is 0 Å². The number of hydrogen-bond donors (Lipinski definition) is 0. The van der Waals surface area contributed by atoms with Gasteiger partial charge >= 0.3 is 12.4 Å². The lowest BCUT2D eigenvalue weighted by Crippen LogP contribution is -2.17. The van der Waals surface area contributed by atoms with E-state index in [2.05, 4.69) is 9.97 Å². The average Bonchev–Trinajstić information content (AvgIpc) is 2.84. The van der Waals surface area contributed by atoms with Crippen molar-refractivity contribution in [3.63, 3.8) is 0 Å². The maximum Gasteiger partial charge on any atom is 0.417 e. The second-order valence-electron chi connectivity index (χ2n) is 8.40. The molecule has 0 bridgehead atoms. The Morgan fingerprint density at radius 1 is 0.444 bits per heavy atom. The van der Waals surface area contributed by atoms with Crippen molar-refractivity contribution in [2.45, 2.75) is 12.4 Å². The summed E-state index contributed by atoms with van der Waals surface area (Å²) in [5.74, 6) is 0. The molecular weight excluding hydrogens is 478 g/mol. The molecule has 0 saturated carbocycles. The Kier molecular flexibility index (Phi) is 4.73. The van der Waals surface area contributed by atoms with E-state index >= 15 is 0 Å². The van der Waals surface area contributed by atoms with Crippen LogP contribution in [0.25, 0.3) is 54.7 Å². The molecule has 2 heterocycles. The minimum absolute atomic E-state index is 0.0452. The number of hydrogen-bond acceptors (Lipinski definition) is 2. The highest BCUT2D eigenvalue weighted by Crippen LogP contribution is 2.49. The minimum atomic E-state index is -5.29. The number of fused-ring (bicyclic) bond motifs is 4. The Hall–Kier alpha value is -4.20. The Bertz CT molecular complexity index is 1770. The molecule has 0 amide bonds. The van der Waals surface area contributed by atoms with Crippen molar-refractivity contribution in [3.8, 4) is 11.1 Å². The van der Waals surface area contributed by atoms with E-state index in [-0.39, 0.29) is 11.1 Å². The minimum Gasteiger partial charge on any atom is -0.248 e. The van der Waals surface area contributed by atoms with Gasteiger partial charge < -0.3 is 0 Å². The van der Waals surface area contributed by atoms with E-state index in [1.807, 2.05) is 0 Å². The zero-order valence-corrected chi connectivity index (χ0v) is 18.2. The normalized spacial score (nSPS) is 12.7. The van der Waals surface area contributed by atoms with Crippen molar-refractivity contribution in [2.75, 3.05) is 0 Å². The predicted molar refractivity (Wildman–Crippen MR) is 127 cm³/mol. The van der Waals surface area contributed by atoms with Gasteiger partial charge in [-0.25, -0.2) is 9.97 Å².